The van der Waals surface area contributed by atoms with Crippen molar-refractivity contribution in [3.8, 4) is 0 Å². The van der Waals surface area contributed by atoms with E-state index in [0.717, 1.165) is 25.5 Å². The van der Waals surface area contributed by atoms with Crippen molar-refractivity contribution in [2.45, 2.75) is 46.1 Å². The largest absolute Gasteiger partial charge is 0.267 e. The minimum Gasteiger partial charge on any atom is -0.267 e. The van der Waals surface area contributed by atoms with Gasteiger partial charge in [-0.1, -0.05) is 27.2 Å². The third kappa shape index (κ3) is 6.05. The van der Waals surface area contributed by atoms with Crippen LogP contribution >= 0.6 is 0 Å². The van der Waals surface area contributed by atoms with E-state index in [1.807, 2.05) is 13.8 Å². The fourth-order valence-electron chi connectivity index (χ4n) is 1.43. The molecule has 0 rings (SSSR count). The second-order valence-electron chi connectivity index (χ2n) is 3.51. The van der Waals surface area contributed by atoms with Gasteiger partial charge in [0, 0.05) is 0 Å². The van der Waals surface area contributed by atoms with Crippen LogP contribution in [0, 0.1) is 5.92 Å². The molecule has 0 heterocycles. The maximum atomic E-state index is 10.9. The molecule has 0 radical (unpaired) electrons. The van der Waals surface area contributed by atoms with Gasteiger partial charge in [0.25, 0.3) is 10.1 Å². The van der Waals surface area contributed by atoms with E-state index in [0.29, 0.717) is 5.92 Å². The minimum atomic E-state index is -3.30. The van der Waals surface area contributed by atoms with Gasteiger partial charge in [0.05, 0.1) is 12.4 Å². The summed E-state index contributed by atoms with van der Waals surface area (Å²) in [5.74, 6) is 0.310. The zero-order chi connectivity index (χ0) is 10.5. The van der Waals surface area contributed by atoms with Crippen molar-refractivity contribution in [1.29, 1.82) is 0 Å². The van der Waals surface area contributed by atoms with Crippen LogP contribution in [0.2, 0.25) is 0 Å². The maximum absolute atomic E-state index is 10.9. The molecule has 0 bridgehead atoms. The molecule has 0 amide bonds. The number of rotatable bonds is 6. The second-order valence-corrected chi connectivity index (χ2v) is 5.11. The van der Waals surface area contributed by atoms with Crippen molar-refractivity contribution in [2.24, 2.45) is 5.92 Å². The maximum Gasteiger partial charge on any atom is 0.264 e. The third-order valence-electron chi connectivity index (χ3n) is 2.08. The molecule has 0 spiro atoms. The fraction of sp³-hybridized carbons (Fsp3) is 1.00. The van der Waals surface area contributed by atoms with Crippen LogP contribution in [0.3, 0.4) is 0 Å². The Morgan fingerprint density at radius 1 is 1.31 bits per heavy atom. The van der Waals surface area contributed by atoms with Gasteiger partial charge in [-0.2, -0.15) is 8.42 Å². The third-order valence-corrected chi connectivity index (χ3v) is 2.68. The molecular formula is C9H20O3S. The standard InChI is InChI=1S/C9H20O3S/c1-5-7-8(3)9(6-2)12-13(4,10)11/h8-9H,5-7H2,1-4H3. The topological polar surface area (TPSA) is 43.4 Å². The van der Waals surface area contributed by atoms with Crippen LogP contribution in [-0.2, 0) is 14.3 Å². The molecule has 0 aromatic heterocycles. The lowest BCUT2D eigenvalue weighted by Crippen LogP contribution is -2.24. The van der Waals surface area contributed by atoms with Crippen LogP contribution in [0.15, 0.2) is 0 Å². The molecule has 0 fully saturated rings. The van der Waals surface area contributed by atoms with Gasteiger partial charge in [-0.05, 0) is 18.8 Å². The molecule has 0 saturated heterocycles. The van der Waals surface area contributed by atoms with Crippen LogP contribution in [0.5, 0.6) is 0 Å². The average Bonchev–Trinajstić information content (AvgIpc) is 1.99. The van der Waals surface area contributed by atoms with Gasteiger partial charge in [0.15, 0.2) is 0 Å². The summed E-state index contributed by atoms with van der Waals surface area (Å²) < 4.78 is 26.7. The first kappa shape index (κ1) is 12.9. The lowest BCUT2D eigenvalue weighted by Gasteiger charge is -2.20. The molecule has 4 heteroatoms. The van der Waals surface area contributed by atoms with Gasteiger partial charge >= 0.3 is 0 Å². The van der Waals surface area contributed by atoms with Crippen LogP contribution < -0.4 is 0 Å². The van der Waals surface area contributed by atoms with Gasteiger partial charge in [0.2, 0.25) is 0 Å². The zero-order valence-corrected chi connectivity index (χ0v) is 9.73. The van der Waals surface area contributed by atoms with Crippen molar-refractivity contribution in [1.82, 2.24) is 0 Å². The summed E-state index contributed by atoms with van der Waals surface area (Å²) in [4.78, 5) is 0. The summed E-state index contributed by atoms with van der Waals surface area (Å²) in [5.41, 5.74) is 0. The molecule has 0 saturated carbocycles. The van der Waals surface area contributed by atoms with Crippen molar-refractivity contribution in [2.75, 3.05) is 6.26 Å². The smallest absolute Gasteiger partial charge is 0.264 e. The Kier molecular flexibility index (Phi) is 5.56. The van der Waals surface area contributed by atoms with Crippen molar-refractivity contribution in [3.63, 3.8) is 0 Å². The molecule has 2 atom stereocenters. The Bertz CT molecular complexity index is 221. The monoisotopic (exact) mass is 208 g/mol. The predicted molar refractivity (Wildman–Crippen MR) is 54.1 cm³/mol. The van der Waals surface area contributed by atoms with E-state index in [1.165, 1.54) is 0 Å². The highest BCUT2D eigenvalue weighted by Crippen LogP contribution is 2.18. The van der Waals surface area contributed by atoms with E-state index >= 15 is 0 Å². The minimum absolute atomic E-state index is 0.157. The first-order valence-corrected chi connectivity index (χ1v) is 6.60. The Labute approximate surface area is 81.6 Å². The fourth-order valence-corrected chi connectivity index (χ4v) is 2.21. The van der Waals surface area contributed by atoms with Gasteiger partial charge in [0.1, 0.15) is 0 Å². The molecular weight excluding hydrogens is 188 g/mol. The Hall–Kier alpha value is -0.0900. The van der Waals surface area contributed by atoms with Crippen molar-refractivity contribution < 1.29 is 12.6 Å². The average molecular weight is 208 g/mol. The second kappa shape index (κ2) is 5.60. The highest BCUT2D eigenvalue weighted by Gasteiger charge is 2.19. The van der Waals surface area contributed by atoms with E-state index in [2.05, 4.69) is 6.92 Å². The first-order valence-electron chi connectivity index (χ1n) is 4.79. The highest BCUT2D eigenvalue weighted by atomic mass is 32.2. The van der Waals surface area contributed by atoms with Crippen molar-refractivity contribution >= 4 is 10.1 Å². The summed E-state index contributed by atoms with van der Waals surface area (Å²) in [6.45, 7) is 6.06. The van der Waals surface area contributed by atoms with Gasteiger partial charge in [-0.25, -0.2) is 0 Å². The van der Waals surface area contributed by atoms with Crippen LogP contribution in [0.4, 0.5) is 0 Å². The summed E-state index contributed by atoms with van der Waals surface area (Å²) in [6, 6.07) is 0. The summed E-state index contributed by atoms with van der Waals surface area (Å²) in [7, 11) is -3.30. The Morgan fingerprint density at radius 3 is 2.15 bits per heavy atom. The van der Waals surface area contributed by atoms with Crippen LogP contribution in [0.1, 0.15) is 40.0 Å². The lowest BCUT2D eigenvalue weighted by molar-refractivity contribution is 0.141. The number of hydrogen-bond donors (Lipinski definition) is 0. The van der Waals surface area contributed by atoms with E-state index in [-0.39, 0.29) is 6.10 Å². The quantitative estimate of drug-likeness (QED) is 0.628. The SMILES string of the molecule is CCCC(C)C(CC)OS(C)(=O)=O. The molecule has 3 nitrogen and oxygen atoms in total. The summed E-state index contributed by atoms with van der Waals surface area (Å²) in [5, 5.41) is 0. The van der Waals surface area contributed by atoms with Crippen LogP contribution in [0.25, 0.3) is 0 Å². The molecule has 0 aliphatic carbocycles. The molecule has 80 valence electrons. The van der Waals surface area contributed by atoms with Gasteiger partial charge in [-0.3, -0.25) is 4.18 Å². The molecule has 0 aliphatic heterocycles. The molecule has 0 aromatic rings. The highest BCUT2D eigenvalue weighted by molar-refractivity contribution is 7.86. The number of hydrogen-bond acceptors (Lipinski definition) is 3. The van der Waals surface area contributed by atoms with Gasteiger partial charge in [-0.15, -0.1) is 0 Å². The molecule has 0 N–H and O–H groups in total. The molecule has 0 aliphatic rings. The normalized spacial score (nSPS) is 16.9. The Balaban J connectivity index is 4.18. The van der Waals surface area contributed by atoms with E-state index < -0.39 is 10.1 Å². The van der Waals surface area contributed by atoms with Crippen LogP contribution in [-0.4, -0.2) is 20.8 Å². The van der Waals surface area contributed by atoms with Gasteiger partial charge < -0.3 is 0 Å². The first-order chi connectivity index (χ1) is 5.90. The molecule has 2 unspecified atom stereocenters. The van der Waals surface area contributed by atoms with E-state index in [1.54, 1.807) is 0 Å². The Morgan fingerprint density at radius 2 is 1.85 bits per heavy atom. The lowest BCUT2D eigenvalue weighted by atomic mass is 9.98. The zero-order valence-electron chi connectivity index (χ0n) is 8.91. The van der Waals surface area contributed by atoms with E-state index in [4.69, 9.17) is 4.18 Å². The summed E-state index contributed by atoms with van der Waals surface area (Å²) in [6.07, 6.45) is 3.76. The molecule has 0 aromatic carbocycles. The predicted octanol–water partition coefficient (Wildman–Crippen LogP) is 2.18. The van der Waals surface area contributed by atoms with E-state index in [9.17, 15) is 8.42 Å². The van der Waals surface area contributed by atoms with Crippen molar-refractivity contribution in [3.05, 3.63) is 0 Å². The summed E-state index contributed by atoms with van der Waals surface area (Å²) >= 11 is 0. The molecule has 13 heavy (non-hydrogen) atoms.